The largest absolute Gasteiger partial charge is 0.390 e. The van der Waals surface area contributed by atoms with Crippen LogP contribution in [0.25, 0.3) is 0 Å². The highest BCUT2D eigenvalue weighted by molar-refractivity contribution is 4.80. The number of nitrogens with one attached hydrogen (secondary N) is 1. The van der Waals surface area contributed by atoms with Crippen molar-refractivity contribution in [3.05, 3.63) is 0 Å². The molecule has 0 aromatic heterocycles. The normalized spacial score (nSPS) is 24.9. The van der Waals surface area contributed by atoms with Gasteiger partial charge in [-0.3, -0.25) is 0 Å². The lowest BCUT2D eigenvalue weighted by molar-refractivity contribution is -0.0118. The second-order valence-corrected chi connectivity index (χ2v) is 5.68. The third-order valence-electron chi connectivity index (χ3n) is 3.08. The molecule has 0 amide bonds. The number of ether oxygens (including phenoxy) is 1. The second-order valence-electron chi connectivity index (χ2n) is 5.68. The Labute approximate surface area is 99.6 Å². The molecular weight excluding hydrogens is 202 g/mol. The summed E-state index contributed by atoms with van der Waals surface area (Å²) < 4.78 is 5.55. The zero-order valence-electron chi connectivity index (χ0n) is 11.0. The van der Waals surface area contributed by atoms with Gasteiger partial charge in [-0.15, -0.1) is 0 Å². The first-order valence-corrected chi connectivity index (χ1v) is 6.54. The van der Waals surface area contributed by atoms with Crippen LogP contribution in [0.15, 0.2) is 0 Å². The third kappa shape index (κ3) is 5.83. The molecule has 0 radical (unpaired) electrons. The van der Waals surface area contributed by atoms with Crippen LogP contribution in [-0.2, 0) is 4.74 Å². The average molecular weight is 229 g/mol. The SMILES string of the molecule is CC(C)CNCCC(C)(O)CC1CCCO1. The highest BCUT2D eigenvalue weighted by atomic mass is 16.5. The van der Waals surface area contributed by atoms with E-state index in [-0.39, 0.29) is 6.10 Å². The van der Waals surface area contributed by atoms with Crippen LogP contribution in [0.4, 0.5) is 0 Å². The Hall–Kier alpha value is -0.120. The van der Waals surface area contributed by atoms with Gasteiger partial charge in [0.25, 0.3) is 0 Å². The fourth-order valence-corrected chi connectivity index (χ4v) is 2.15. The minimum atomic E-state index is -0.584. The van der Waals surface area contributed by atoms with Crippen molar-refractivity contribution in [3.63, 3.8) is 0 Å². The van der Waals surface area contributed by atoms with Crippen LogP contribution in [0.3, 0.4) is 0 Å². The summed E-state index contributed by atoms with van der Waals surface area (Å²) in [5.41, 5.74) is -0.584. The molecule has 1 aliphatic heterocycles. The minimum Gasteiger partial charge on any atom is -0.390 e. The van der Waals surface area contributed by atoms with Crippen LogP contribution in [0.1, 0.15) is 46.5 Å². The highest BCUT2D eigenvalue weighted by Crippen LogP contribution is 2.24. The maximum absolute atomic E-state index is 10.2. The summed E-state index contributed by atoms with van der Waals surface area (Å²) in [6, 6.07) is 0. The van der Waals surface area contributed by atoms with Crippen molar-refractivity contribution >= 4 is 0 Å². The highest BCUT2D eigenvalue weighted by Gasteiger charge is 2.27. The number of hydrogen-bond donors (Lipinski definition) is 2. The Morgan fingerprint density at radius 3 is 2.81 bits per heavy atom. The summed E-state index contributed by atoms with van der Waals surface area (Å²) >= 11 is 0. The average Bonchev–Trinajstić information content (AvgIpc) is 2.64. The Bertz CT molecular complexity index is 186. The van der Waals surface area contributed by atoms with E-state index in [1.807, 2.05) is 6.92 Å². The molecule has 3 heteroatoms. The summed E-state index contributed by atoms with van der Waals surface area (Å²) in [4.78, 5) is 0. The van der Waals surface area contributed by atoms with E-state index < -0.39 is 5.60 Å². The predicted molar refractivity (Wildman–Crippen MR) is 66.5 cm³/mol. The molecule has 0 aliphatic carbocycles. The van der Waals surface area contributed by atoms with Crippen molar-refractivity contribution in [2.75, 3.05) is 19.7 Å². The monoisotopic (exact) mass is 229 g/mol. The first kappa shape index (κ1) is 13.9. The van der Waals surface area contributed by atoms with E-state index >= 15 is 0 Å². The molecular formula is C13H27NO2. The molecule has 16 heavy (non-hydrogen) atoms. The summed E-state index contributed by atoms with van der Waals surface area (Å²) in [6.07, 6.45) is 4.11. The van der Waals surface area contributed by atoms with E-state index in [4.69, 9.17) is 4.74 Å². The molecule has 0 aromatic carbocycles. The summed E-state index contributed by atoms with van der Waals surface area (Å²) in [7, 11) is 0. The van der Waals surface area contributed by atoms with Gasteiger partial charge in [-0.2, -0.15) is 0 Å². The smallest absolute Gasteiger partial charge is 0.0656 e. The van der Waals surface area contributed by atoms with Gasteiger partial charge in [0.05, 0.1) is 11.7 Å². The van der Waals surface area contributed by atoms with Gasteiger partial charge >= 0.3 is 0 Å². The molecule has 1 fully saturated rings. The second kappa shape index (κ2) is 6.58. The van der Waals surface area contributed by atoms with Gasteiger partial charge in [0.15, 0.2) is 0 Å². The van der Waals surface area contributed by atoms with E-state index in [1.54, 1.807) is 0 Å². The summed E-state index contributed by atoms with van der Waals surface area (Å²) in [6.45, 7) is 9.08. The molecule has 1 heterocycles. The lowest BCUT2D eigenvalue weighted by atomic mass is 9.93. The first-order valence-electron chi connectivity index (χ1n) is 6.54. The van der Waals surface area contributed by atoms with E-state index in [9.17, 15) is 5.11 Å². The standard InChI is InChI=1S/C13H27NO2/c1-11(2)10-14-7-6-13(3,15)9-12-5-4-8-16-12/h11-12,14-15H,4-10H2,1-3H3. The van der Waals surface area contributed by atoms with Gasteiger partial charge in [0.2, 0.25) is 0 Å². The molecule has 2 N–H and O–H groups in total. The maximum Gasteiger partial charge on any atom is 0.0656 e. The van der Waals surface area contributed by atoms with Gasteiger partial charge in [-0.25, -0.2) is 0 Å². The van der Waals surface area contributed by atoms with Crippen LogP contribution in [-0.4, -0.2) is 36.5 Å². The van der Waals surface area contributed by atoms with Gasteiger partial charge in [-0.1, -0.05) is 13.8 Å². The third-order valence-corrected chi connectivity index (χ3v) is 3.08. The van der Waals surface area contributed by atoms with Crippen LogP contribution >= 0.6 is 0 Å². The quantitative estimate of drug-likeness (QED) is 0.656. The van der Waals surface area contributed by atoms with E-state index in [0.29, 0.717) is 5.92 Å². The van der Waals surface area contributed by atoms with Crippen molar-refractivity contribution < 1.29 is 9.84 Å². The molecule has 3 nitrogen and oxygen atoms in total. The van der Waals surface area contributed by atoms with E-state index in [1.165, 1.54) is 0 Å². The van der Waals surface area contributed by atoms with Crippen LogP contribution in [0.2, 0.25) is 0 Å². The molecule has 1 aliphatic rings. The molecule has 2 unspecified atom stereocenters. The molecule has 96 valence electrons. The zero-order chi connectivity index (χ0) is 12.0. The van der Waals surface area contributed by atoms with Crippen LogP contribution < -0.4 is 5.32 Å². The van der Waals surface area contributed by atoms with Crippen molar-refractivity contribution in [2.45, 2.75) is 58.2 Å². The maximum atomic E-state index is 10.2. The first-order chi connectivity index (χ1) is 7.49. The van der Waals surface area contributed by atoms with Crippen molar-refractivity contribution in [3.8, 4) is 0 Å². The molecule has 2 atom stereocenters. The zero-order valence-corrected chi connectivity index (χ0v) is 11.0. The lowest BCUT2D eigenvalue weighted by Gasteiger charge is -2.26. The molecule has 0 spiro atoms. The van der Waals surface area contributed by atoms with Gasteiger partial charge in [0.1, 0.15) is 0 Å². The topological polar surface area (TPSA) is 41.5 Å². The molecule has 1 saturated heterocycles. The number of rotatable bonds is 7. The predicted octanol–water partition coefficient (Wildman–Crippen LogP) is 1.94. The molecule has 0 saturated carbocycles. The lowest BCUT2D eigenvalue weighted by Crippen LogP contribution is -2.34. The van der Waals surface area contributed by atoms with Gasteiger partial charge in [0, 0.05) is 13.0 Å². The van der Waals surface area contributed by atoms with Gasteiger partial charge < -0.3 is 15.2 Å². The Morgan fingerprint density at radius 1 is 1.50 bits per heavy atom. The van der Waals surface area contributed by atoms with Crippen molar-refractivity contribution in [2.24, 2.45) is 5.92 Å². The molecule has 0 aromatic rings. The fourth-order valence-electron chi connectivity index (χ4n) is 2.15. The van der Waals surface area contributed by atoms with Crippen molar-refractivity contribution in [1.82, 2.24) is 5.32 Å². The Kier molecular flexibility index (Phi) is 5.73. The number of aliphatic hydroxyl groups is 1. The van der Waals surface area contributed by atoms with Crippen LogP contribution in [0, 0.1) is 5.92 Å². The molecule has 0 bridgehead atoms. The minimum absolute atomic E-state index is 0.278. The van der Waals surface area contributed by atoms with Crippen molar-refractivity contribution in [1.29, 1.82) is 0 Å². The fraction of sp³-hybridized carbons (Fsp3) is 1.00. The number of hydrogen-bond acceptors (Lipinski definition) is 3. The molecule has 1 rings (SSSR count). The van der Waals surface area contributed by atoms with Crippen LogP contribution in [0.5, 0.6) is 0 Å². The summed E-state index contributed by atoms with van der Waals surface area (Å²) in [5.74, 6) is 0.670. The summed E-state index contributed by atoms with van der Waals surface area (Å²) in [5, 5.41) is 13.6. The van der Waals surface area contributed by atoms with E-state index in [0.717, 1.165) is 45.4 Å². The van der Waals surface area contributed by atoms with E-state index in [2.05, 4.69) is 19.2 Å². The Morgan fingerprint density at radius 2 is 2.25 bits per heavy atom. The Balaban J connectivity index is 2.12. The van der Waals surface area contributed by atoms with Gasteiger partial charge in [-0.05, 0) is 45.2 Å².